The van der Waals surface area contributed by atoms with Crippen molar-refractivity contribution < 1.29 is 12.8 Å². The van der Waals surface area contributed by atoms with Gasteiger partial charge in [-0.3, -0.25) is 0 Å². The quantitative estimate of drug-likeness (QED) is 0.871. The van der Waals surface area contributed by atoms with E-state index in [9.17, 15) is 12.8 Å². The van der Waals surface area contributed by atoms with Crippen molar-refractivity contribution in [2.75, 3.05) is 0 Å². The molecule has 0 radical (unpaired) electrons. The van der Waals surface area contributed by atoms with Crippen LogP contribution in [-0.2, 0) is 15.7 Å². The normalized spacial score (nSPS) is 28.2. The van der Waals surface area contributed by atoms with Crippen LogP contribution < -0.4 is 5.14 Å². The third kappa shape index (κ3) is 2.16. The van der Waals surface area contributed by atoms with Crippen LogP contribution in [-0.4, -0.2) is 13.7 Å². The minimum absolute atomic E-state index is 0.277. The lowest BCUT2D eigenvalue weighted by Crippen LogP contribution is -2.42. The van der Waals surface area contributed by atoms with Crippen LogP contribution in [0.5, 0.6) is 0 Å². The predicted molar refractivity (Wildman–Crippen MR) is 64.4 cm³/mol. The molecule has 2 unspecified atom stereocenters. The largest absolute Gasteiger partial charge is 0.232 e. The van der Waals surface area contributed by atoms with Crippen molar-refractivity contribution in [1.82, 2.24) is 0 Å². The highest BCUT2D eigenvalue weighted by Gasteiger charge is 2.44. The number of benzene rings is 1. The molecular weight excluding hydrogens is 241 g/mol. The van der Waals surface area contributed by atoms with E-state index in [4.69, 9.17) is 5.14 Å². The van der Waals surface area contributed by atoms with Gasteiger partial charge in [-0.15, -0.1) is 0 Å². The molecule has 3 nitrogen and oxygen atoms in total. The predicted octanol–water partition coefficient (Wildman–Crippen LogP) is 1.63. The Morgan fingerprint density at radius 2 is 1.82 bits per heavy atom. The first-order valence-corrected chi connectivity index (χ1v) is 6.67. The Labute approximate surface area is 99.5 Å². The zero-order chi connectivity index (χ0) is 12.5. The smallest absolute Gasteiger partial charge is 0.219 e. The highest BCUT2D eigenvalue weighted by Crippen LogP contribution is 2.37. The van der Waals surface area contributed by atoms with Gasteiger partial charge in [0.25, 0.3) is 0 Å². The Balaban J connectivity index is 2.55. The summed E-state index contributed by atoms with van der Waals surface area (Å²) in [7, 11) is -3.99. The van der Waals surface area contributed by atoms with Crippen LogP contribution in [0, 0.1) is 0 Å². The van der Waals surface area contributed by atoms with Crippen molar-refractivity contribution in [3.8, 4) is 0 Å². The molecule has 0 spiro atoms. The summed E-state index contributed by atoms with van der Waals surface area (Å²) in [6.45, 7) is 0. The average molecular weight is 253 g/mol. The van der Waals surface area contributed by atoms with Gasteiger partial charge in [0.1, 0.15) is 5.25 Å². The maximum Gasteiger partial charge on any atom is 0.219 e. The van der Waals surface area contributed by atoms with E-state index in [1.165, 1.54) is 24.3 Å². The van der Waals surface area contributed by atoms with Crippen LogP contribution in [0.4, 0.5) is 4.39 Å². The second-order valence-corrected chi connectivity index (χ2v) is 5.57. The van der Waals surface area contributed by atoms with Crippen molar-refractivity contribution >= 4 is 10.0 Å². The summed E-state index contributed by atoms with van der Waals surface area (Å²) < 4.78 is 37.7. The first kappa shape index (κ1) is 12.0. The molecule has 0 amide bonds. The summed E-state index contributed by atoms with van der Waals surface area (Å²) in [5.74, 6) is 0. The molecule has 17 heavy (non-hydrogen) atoms. The Bertz CT molecular complexity index is 565. The zero-order valence-corrected chi connectivity index (χ0v) is 9.77. The Hall–Kier alpha value is -1.46. The first-order valence-electron chi connectivity index (χ1n) is 5.07. The molecule has 0 saturated carbocycles. The monoisotopic (exact) mass is 253 g/mol. The number of rotatable bonds is 2. The number of allylic oxidation sites excluding steroid dienone is 3. The number of hydrogen-bond acceptors (Lipinski definition) is 2. The third-order valence-corrected chi connectivity index (χ3v) is 3.93. The Morgan fingerprint density at radius 1 is 1.18 bits per heavy atom. The molecular formula is C12H12FNO2S. The van der Waals surface area contributed by atoms with Gasteiger partial charge in [0.2, 0.25) is 10.0 Å². The maximum absolute atomic E-state index is 14.9. The highest BCUT2D eigenvalue weighted by molar-refractivity contribution is 7.90. The molecule has 0 saturated heterocycles. The fourth-order valence-electron chi connectivity index (χ4n) is 1.90. The molecule has 2 rings (SSSR count). The Morgan fingerprint density at radius 3 is 2.41 bits per heavy atom. The van der Waals surface area contributed by atoms with Gasteiger partial charge in [-0.2, -0.15) is 0 Å². The molecule has 1 aliphatic rings. The van der Waals surface area contributed by atoms with Gasteiger partial charge in [0.15, 0.2) is 5.67 Å². The van der Waals surface area contributed by atoms with E-state index in [1.54, 1.807) is 30.3 Å². The number of sulfonamides is 1. The summed E-state index contributed by atoms with van der Waals surface area (Å²) in [4.78, 5) is 0. The van der Waals surface area contributed by atoms with Crippen molar-refractivity contribution in [2.45, 2.75) is 10.9 Å². The molecule has 1 aromatic rings. The summed E-state index contributed by atoms with van der Waals surface area (Å²) in [5, 5.41) is 3.68. The van der Waals surface area contributed by atoms with E-state index in [2.05, 4.69) is 0 Å². The molecule has 2 N–H and O–H groups in total. The van der Waals surface area contributed by atoms with E-state index in [-0.39, 0.29) is 5.56 Å². The summed E-state index contributed by atoms with van der Waals surface area (Å²) in [5.41, 5.74) is -1.83. The van der Waals surface area contributed by atoms with Crippen molar-refractivity contribution in [3.63, 3.8) is 0 Å². The van der Waals surface area contributed by atoms with E-state index in [0.29, 0.717) is 0 Å². The van der Waals surface area contributed by atoms with E-state index in [0.717, 1.165) is 0 Å². The molecule has 0 heterocycles. The molecule has 0 aliphatic heterocycles. The molecule has 0 bridgehead atoms. The van der Waals surface area contributed by atoms with Gasteiger partial charge in [-0.1, -0.05) is 48.6 Å². The minimum atomic E-state index is -3.99. The van der Waals surface area contributed by atoms with Gasteiger partial charge < -0.3 is 0 Å². The average Bonchev–Trinajstić information content (AvgIpc) is 2.29. The number of alkyl halides is 1. The van der Waals surface area contributed by atoms with E-state index >= 15 is 0 Å². The zero-order valence-electron chi connectivity index (χ0n) is 8.95. The van der Waals surface area contributed by atoms with Crippen LogP contribution in [0.2, 0.25) is 0 Å². The van der Waals surface area contributed by atoms with Gasteiger partial charge in [-0.05, 0) is 11.6 Å². The molecule has 5 heteroatoms. The van der Waals surface area contributed by atoms with E-state index < -0.39 is 20.9 Å². The van der Waals surface area contributed by atoms with Crippen molar-refractivity contribution in [2.24, 2.45) is 5.14 Å². The highest BCUT2D eigenvalue weighted by atomic mass is 32.2. The standard InChI is InChI=1S/C12H12FNO2S/c13-12(10-6-2-1-3-7-10)9-5-4-8-11(12)17(14,15)16/h1-9,11H,(H2,14,15,16). The molecule has 2 atom stereocenters. The lowest BCUT2D eigenvalue weighted by Gasteiger charge is -2.29. The van der Waals surface area contributed by atoms with E-state index in [1.807, 2.05) is 0 Å². The molecule has 1 aliphatic carbocycles. The lowest BCUT2D eigenvalue weighted by atomic mass is 9.89. The summed E-state index contributed by atoms with van der Waals surface area (Å²) in [6.07, 6.45) is 5.45. The number of halogens is 1. The number of hydrogen-bond donors (Lipinski definition) is 1. The number of primary sulfonamides is 1. The summed E-state index contributed by atoms with van der Waals surface area (Å²) >= 11 is 0. The second kappa shape index (κ2) is 4.09. The van der Waals surface area contributed by atoms with Gasteiger partial charge in [-0.25, -0.2) is 17.9 Å². The number of nitrogens with two attached hydrogens (primary N) is 1. The minimum Gasteiger partial charge on any atom is -0.232 e. The topological polar surface area (TPSA) is 60.2 Å². The van der Waals surface area contributed by atoms with Gasteiger partial charge in [0, 0.05) is 0 Å². The van der Waals surface area contributed by atoms with Crippen molar-refractivity contribution in [1.29, 1.82) is 0 Å². The first-order chi connectivity index (χ1) is 7.94. The molecule has 90 valence electrons. The fraction of sp³-hybridized carbons (Fsp3) is 0.167. The molecule has 0 aromatic heterocycles. The van der Waals surface area contributed by atoms with Gasteiger partial charge in [0.05, 0.1) is 0 Å². The Kier molecular flexibility index (Phi) is 2.89. The summed E-state index contributed by atoms with van der Waals surface area (Å²) in [6, 6.07) is 8.14. The van der Waals surface area contributed by atoms with Crippen LogP contribution in [0.25, 0.3) is 0 Å². The molecule has 1 aromatic carbocycles. The van der Waals surface area contributed by atoms with Crippen LogP contribution >= 0.6 is 0 Å². The molecule has 0 fully saturated rings. The fourth-order valence-corrected chi connectivity index (χ4v) is 2.90. The van der Waals surface area contributed by atoms with Crippen LogP contribution in [0.1, 0.15) is 5.56 Å². The second-order valence-electron chi connectivity index (χ2n) is 3.89. The lowest BCUT2D eigenvalue weighted by molar-refractivity contribution is 0.238. The van der Waals surface area contributed by atoms with Crippen molar-refractivity contribution in [3.05, 3.63) is 60.2 Å². The van der Waals surface area contributed by atoms with Crippen LogP contribution in [0.15, 0.2) is 54.6 Å². The van der Waals surface area contributed by atoms with Gasteiger partial charge >= 0.3 is 0 Å². The third-order valence-electron chi connectivity index (χ3n) is 2.72. The SMILES string of the molecule is NS(=O)(=O)C1C=CC=CC1(F)c1ccccc1. The van der Waals surface area contributed by atoms with Crippen LogP contribution in [0.3, 0.4) is 0 Å². The maximum atomic E-state index is 14.9.